The normalized spacial score (nSPS) is 12.0. The molecule has 7 aromatic rings. The van der Waals surface area contributed by atoms with Gasteiger partial charge in [0.2, 0.25) is 0 Å². The van der Waals surface area contributed by atoms with Gasteiger partial charge in [0.15, 0.2) is 0 Å². The molecular weight excluding hydrogens is 390 g/mol. The zero-order valence-electron chi connectivity index (χ0n) is 17.6. The van der Waals surface area contributed by atoms with Crippen LogP contribution in [0.5, 0.6) is 0 Å². The maximum Gasteiger partial charge on any atom is 0.263 e. The van der Waals surface area contributed by atoms with E-state index >= 15 is 0 Å². The zero-order valence-corrected chi connectivity index (χ0v) is 17.6. The first-order valence-corrected chi connectivity index (χ1v) is 10.9. The Morgan fingerprint density at radius 2 is 1.22 bits per heavy atom. The van der Waals surface area contributed by atoms with Crippen molar-refractivity contribution >= 4 is 48.7 Å². The number of para-hydroxylation sites is 1. The van der Waals surface area contributed by atoms with E-state index in [4.69, 9.17) is 0 Å². The lowest BCUT2D eigenvalue weighted by Gasteiger charge is -2.10. The molecular formula is C30H19NO. The minimum atomic E-state index is 0.0492. The van der Waals surface area contributed by atoms with Crippen molar-refractivity contribution in [1.29, 1.82) is 0 Å². The van der Waals surface area contributed by atoms with E-state index in [-0.39, 0.29) is 5.56 Å². The lowest BCUT2D eigenvalue weighted by Crippen LogP contribution is -2.12. The lowest BCUT2D eigenvalue weighted by atomic mass is 9.96. The van der Waals surface area contributed by atoms with Gasteiger partial charge in [-0.2, -0.15) is 0 Å². The van der Waals surface area contributed by atoms with Crippen molar-refractivity contribution in [3.8, 4) is 11.1 Å². The van der Waals surface area contributed by atoms with Crippen LogP contribution in [0.4, 0.5) is 0 Å². The molecule has 2 heterocycles. The fraction of sp³-hybridized carbons (Fsp3) is 0.0333. The highest BCUT2D eigenvalue weighted by Crippen LogP contribution is 2.38. The summed E-state index contributed by atoms with van der Waals surface area (Å²) in [6.45, 7) is 2.13. The molecule has 0 radical (unpaired) electrons. The summed E-state index contributed by atoms with van der Waals surface area (Å²) in [5.41, 5.74) is 5.65. The summed E-state index contributed by atoms with van der Waals surface area (Å²) in [7, 11) is 0. The monoisotopic (exact) mass is 409 g/mol. The van der Waals surface area contributed by atoms with Crippen molar-refractivity contribution in [2.45, 2.75) is 6.92 Å². The van der Waals surface area contributed by atoms with Crippen LogP contribution in [0, 0.1) is 6.92 Å². The largest absolute Gasteiger partial charge is 0.275 e. The van der Waals surface area contributed by atoms with E-state index in [9.17, 15) is 4.79 Å². The van der Waals surface area contributed by atoms with Crippen LogP contribution in [0.25, 0.3) is 59.9 Å². The first-order valence-electron chi connectivity index (χ1n) is 10.9. The fourth-order valence-corrected chi connectivity index (χ4v) is 5.25. The van der Waals surface area contributed by atoms with E-state index in [2.05, 4.69) is 67.6 Å². The van der Waals surface area contributed by atoms with Gasteiger partial charge in [0.25, 0.3) is 5.56 Å². The van der Waals surface area contributed by atoms with E-state index < -0.39 is 0 Å². The Bertz CT molecular complexity index is 1910. The van der Waals surface area contributed by atoms with Gasteiger partial charge in [-0.25, -0.2) is 0 Å². The van der Waals surface area contributed by atoms with Crippen molar-refractivity contribution in [1.82, 2.24) is 4.40 Å². The van der Waals surface area contributed by atoms with Crippen molar-refractivity contribution in [3.05, 3.63) is 113 Å². The minimum absolute atomic E-state index is 0.0492. The van der Waals surface area contributed by atoms with Crippen LogP contribution in [-0.4, -0.2) is 4.40 Å². The van der Waals surface area contributed by atoms with Crippen molar-refractivity contribution in [3.63, 3.8) is 0 Å². The second kappa shape index (κ2) is 6.18. The smallest absolute Gasteiger partial charge is 0.263 e. The number of benzene rings is 5. The molecule has 0 amide bonds. The molecule has 150 valence electrons. The molecule has 0 aliphatic heterocycles. The number of aryl methyl sites for hydroxylation is 1. The lowest BCUT2D eigenvalue weighted by molar-refractivity contribution is 1.21. The van der Waals surface area contributed by atoms with Gasteiger partial charge in [0, 0.05) is 21.5 Å². The van der Waals surface area contributed by atoms with E-state index in [1.165, 1.54) is 27.5 Å². The number of aromatic nitrogens is 1. The van der Waals surface area contributed by atoms with E-state index in [0.29, 0.717) is 0 Å². The number of hydrogen-bond donors (Lipinski definition) is 0. The highest BCUT2D eigenvalue weighted by molar-refractivity contribution is 6.21. The molecule has 0 atom stereocenters. The minimum Gasteiger partial charge on any atom is -0.275 e. The van der Waals surface area contributed by atoms with Crippen LogP contribution >= 0.6 is 0 Å². The summed E-state index contributed by atoms with van der Waals surface area (Å²) >= 11 is 0. The molecule has 0 aliphatic carbocycles. The van der Waals surface area contributed by atoms with Crippen molar-refractivity contribution in [2.75, 3.05) is 0 Å². The summed E-state index contributed by atoms with van der Waals surface area (Å²) in [5.74, 6) is 0. The zero-order chi connectivity index (χ0) is 21.4. The van der Waals surface area contributed by atoms with E-state index in [1.807, 2.05) is 40.8 Å². The van der Waals surface area contributed by atoms with Crippen LogP contribution in [0.1, 0.15) is 5.56 Å². The summed E-state index contributed by atoms with van der Waals surface area (Å²) < 4.78 is 1.90. The van der Waals surface area contributed by atoms with Crippen molar-refractivity contribution < 1.29 is 0 Å². The highest BCUT2D eigenvalue weighted by Gasteiger charge is 2.18. The molecule has 2 aromatic heterocycles. The van der Waals surface area contributed by atoms with Crippen LogP contribution < -0.4 is 5.56 Å². The van der Waals surface area contributed by atoms with Gasteiger partial charge in [-0.15, -0.1) is 0 Å². The van der Waals surface area contributed by atoms with E-state index in [0.717, 1.165) is 38.0 Å². The maximum absolute atomic E-state index is 13.5. The molecule has 0 N–H and O–H groups in total. The topological polar surface area (TPSA) is 21.5 Å². The molecule has 2 heteroatoms. The van der Waals surface area contributed by atoms with Gasteiger partial charge in [-0.05, 0) is 64.5 Å². The van der Waals surface area contributed by atoms with Gasteiger partial charge >= 0.3 is 0 Å². The second-order valence-corrected chi connectivity index (χ2v) is 8.69. The van der Waals surface area contributed by atoms with E-state index in [1.54, 1.807) is 0 Å². The van der Waals surface area contributed by atoms with Gasteiger partial charge in [0.05, 0.1) is 11.0 Å². The van der Waals surface area contributed by atoms with Crippen LogP contribution in [0.3, 0.4) is 0 Å². The number of pyridine rings is 1. The number of fused-ring (bicyclic) bond motifs is 6. The SMILES string of the molecule is Cc1ccc2cc(-c3cc4c5ccccc5c(=O)n5c6ccccc6c(c3)c45)ccc2c1. The Kier molecular flexibility index (Phi) is 3.38. The molecule has 7 rings (SSSR count). The summed E-state index contributed by atoms with van der Waals surface area (Å²) in [5, 5.41) is 7.62. The number of hydrogen-bond acceptors (Lipinski definition) is 1. The average Bonchev–Trinajstić information content (AvgIpc) is 3.17. The molecule has 32 heavy (non-hydrogen) atoms. The molecule has 0 fully saturated rings. The average molecular weight is 409 g/mol. The predicted octanol–water partition coefficient (Wildman–Crippen LogP) is 7.33. The highest BCUT2D eigenvalue weighted by atomic mass is 16.1. The molecule has 0 saturated heterocycles. The molecule has 0 bridgehead atoms. The van der Waals surface area contributed by atoms with Gasteiger partial charge in [0.1, 0.15) is 0 Å². The quantitative estimate of drug-likeness (QED) is 0.260. The van der Waals surface area contributed by atoms with Gasteiger partial charge in [-0.1, -0.05) is 72.3 Å². The fourth-order valence-electron chi connectivity index (χ4n) is 5.25. The third kappa shape index (κ3) is 2.27. The first-order chi connectivity index (χ1) is 15.7. The molecule has 2 nitrogen and oxygen atoms in total. The third-order valence-electron chi connectivity index (χ3n) is 6.75. The van der Waals surface area contributed by atoms with Gasteiger partial charge < -0.3 is 0 Å². The Balaban J connectivity index is 1.67. The molecule has 5 aromatic carbocycles. The third-order valence-corrected chi connectivity index (χ3v) is 6.75. The molecule has 0 aliphatic rings. The Labute approximate surface area is 184 Å². The van der Waals surface area contributed by atoms with Crippen molar-refractivity contribution in [2.24, 2.45) is 0 Å². The van der Waals surface area contributed by atoms with Crippen LogP contribution in [0.2, 0.25) is 0 Å². The maximum atomic E-state index is 13.5. The van der Waals surface area contributed by atoms with Crippen LogP contribution in [-0.2, 0) is 0 Å². The van der Waals surface area contributed by atoms with Crippen LogP contribution in [0.15, 0.2) is 102 Å². The summed E-state index contributed by atoms with van der Waals surface area (Å²) in [6, 6.07) is 33.9. The number of rotatable bonds is 1. The predicted molar refractivity (Wildman–Crippen MR) is 135 cm³/mol. The number of nitrogens with zero attached hydrogens (tertiary/aromatic N) is 1. The second-order valence-electron chi connectivity index (χ2n) is 8.69. The molecule has 0 spiro atoms. The standard InChI is InChI=1S/C30H19NO/c1-18-10-11-20-15-21(13-12-19(20)14-18)22-16-26-23-6-2-3-8-25(23)30(32)31-28-9-5-4-7-24(28)27(17-22)29(26)31/h2-17H,1H3. The summed E-state index contributed by atoms with van der Waals surface area (Å²) in [4.78, 5) is 13.5. The summed E-state index contributed by atoms with van der Waals surface area (Å²) in [6.07, 6.45) is 0. The Hall–Kier alpha value is -4.17. The Morgan fingerprint density at radius 3 is 2.06 bits per heavy atom. The first kappa shape index (κ1) is 17.5. The Morgan fingerprint density at radius 1 is 0.562 bits per heavy atom. The molecule has 0 unspecified atom stereocenters. The molecule has 0 saturated carbocycles. The van der Waals surface area contributed by atoms with Gasteiger partial charge in [-0.3, -0.25) is 9.20 Å².